The largest absolute Gasteiger partial charge is 0.443 e. The average molecular weight is 252 g/mol. The number of aromatic nitrogens is 1. The molecule has 2 rings (SSSR count). The summed E-state index contributed by atoms with van der Waals surface area (Å²) in [6.45, 7) is 0. The second-order valence-electron chi connectivity index (χ2n) is 2.95. The molecule has 6 heteroatoms. The Morgan fingerprint density at radius 3 is 2.67 bits per heavy atom. The summed E-state index contributed by atoms with van der Waals surface area (Å²) in [7, 11) is 0. The molecule has 0 fully saturated rings. The molecule has 0 saturated carbocycles. The summed E-state index contributed by atoms with van der Waals surface area (Å²) >= 11 is 6.23. The zero-order valence-corrected chi connectivity index (χ0v) is 8.88. The van der Waals surface area contributed by atoms with Crippen LogP contribution < -0.4 is 0 Å². The number of hydrogen-bond acceptors (Lipinski definition) is 2. The van der Waals surface area contributed by atoms with Crippen molar-refractivity contribution in [2.45, 2.75) is 12.1 Å². The normalized spacial score (nSPS) is 12.3. The minimum Gasteiger partial charge on any atom is -0.232 e. The molecule has 0 bridgehead atoms. The molecule has 0 amide bonds. The van der Waals surface area contributed by atoms with E-state index in [-0.39, 0.29) is 5.88 Å². The Kier molecular flexibility index (Phi) is 2.60. The smallest absolute Gasteiger partial charge is 0.232 e. The van der Waals surface area contributed by atoms with Crippen LogP contribution in [0.4, 0.5) is 13.2 Å². The van der Waals surface area contributed by atoms with E-state index in [0.717, 1.165) is 5.56 Å². The van der Waals surface area contributed by atoms with E-state index in [1.165, 1.54) is 0 Å². The Hall–Kier alpha value is -0.810. The van der Waals surface area contributed by atoms with Gasteiger partial charge in [-0.25, -0.2) is 4.98 Å². The first-order valence-electron chi connectivity index (χ1n) is 4.03. The Morgan fingerprint density at radius 1 is 1.33 bits per heavy atom. The van der Waals surface area contributed by atoms with Crippen molar-refractivity contribution < 1.29 is 13.2 Å². The second kappa shape index (κ2) is 3.64. The summed E-state index contributed by atoms with van der Waals surface area (Å²) in [6.07, 6.45) is -4.37. The van der Waals surface area contributed by atoms with Gasteiger partial charge in [-0.15, -0.1) is 22.9 Å². The van der Waals surface area contributed by atoms with Gasteiger partial charge in [0.25, 0.3) is 0 Å². The molecule has 0 saturated heterocycles. The van der Waals surface area contributed by atoms with E-state index in [2.05, 4.69) is 4.98 Å². The molecule has 1 aromatic carbocycles. The summed E-state index contributed by atoms with van der Waals surface area (Å²) in [6, 6.07) is 4.86. The van der Waals surface area contributed by atoms with Gasteiger partial charge in [-0.2, -0.15) is 13.2 Å². The Labute approximate surface area is 92.5 Å². The van der Waals surface area contributed by atoms with E-state index < -0.39 is 11.2 Å². The van der Waals surface area contributed by atoms with Crippen molar-refractivity contribution in [2.75, 3.05) is 0 Å². The van der Waals surface area contributed by atoms with Crippen molar-refractivity contribution in [1.29, 1.82) is 0 Å². The number of halogens is 4. The van der Waals surface area contributed by atoms with Gasteiger partial charge in [-0.05, 0) is 17.7 Å². The van der Waals surface area contributed by atoms with Crippen LogP contribution in [0, 0.1) is 0 Å². The molecule has 0 N–H and O–H groups in total. The van der Waals surface area contributed by atoms with Crippen LogP contribution in [0.5, 0.6) is 0 Å². The summed E-state index contributed by atoms with van der Waals surface area (Å²) in [5.74, 6) is 0.287. The second-order valence-corrected chi connectivity index (χ2v) is 4.25. The van der Waals surface area contributed by atoms with Crippen LogP contribution >= 0.6 is 22.9 Å². The highest BCUT2D eigenvalue weighted by molar-refractivity contribution is 7.18. The fraction of sp³-hybridized carbons (Fsp3) is 0.222. The summed E-state index contributed by atoms with van der Waals surface area (Å²) in [5.41, 5.74) is 1.16. The lowest BCUT2D eigenvalue weighted by atomic mass is 10.2. The molecule has 2 aromatic rings. The molecule has 1 heterocycles. The predicted molar refractivity (Wildman–Crippen MR) is 54.2 cm³/mol. The fourth-order valence-electron chi connectivity index (χ4n) is 1.17. The van der Waals surface area contributed by atoms with Gasteiger partial charge in [0.15, 0.2) is 5.01 Å². The molecule has 0 aliphatic carbocycles. The minimum absolute atomic E-state index is 0.287. The van der Waals surface area contributed by atoms with Crippen molar-refractivity contribution in [3.8, 4) is 0 Å². The molecule has 0 spiro atoms. The maximum Gasteiger partial charge on any atom is 0.443 e. The highest BCUT2D eigenvalue weighted by Crippen LogP contribution is 2.35. The van der Waals surface area contributed by atoms with Crippen LogP contribution in [-0.4, -0.2) is 4.98 Å². The quantitative estimate of drug-likeness (QED) is 0.697. The van der Waals surface area contributed by atoms with Gasteiger partial charge >= 0.3 is 6.18 Å². The van der Waals surface area contributed by atoms with E-state index in [0.29, 0.717) is 21.6 Å². The molecule has 0 aliphatic rings. The lowest BCUT2D eigenvalue weighted by molar-refractivity contribution is -0.137. The van der Waals surface area contributed by atoms with Gasteiger partial charge in [0.1, 0.15) is 0 Å². The zero-order valence-electron chi connectivity index (χ0n) is 7.31. The molecule has 15 heavy (non-hydrogen) atoms. The first kappa shape index (κ1) is 10.7. The summed E-state index contributed by atoms with van der Waals surface area (Å²) in [4.78, 5) is 3.51. The van der Waals surface area contributed by atoms with Crippen molar-refractivity contribution in [1.82, 2.24) is 4.98 Å². The van der Waals surface area contributed by atoms with Gasteiger partial charge < -0.3 is 0 Å². The van der Waals surface area contributed by atoms with Crippen LogP contribution in [0.15, 0.2) is 18.2 Å². The van der Waals surface area contributed by atoms with Gasteiger partial charge in [-0.3, -0.25) is 0 Å². The van der Waals surface area contributed by atoms with Crippen LogP contribution in [0.25, 0.3) is 10.2 Å². The van der Waals surface area contributed by atoms with Crippen molar-refractivity contribution in [3.05, 3.63) is 28.8 Å². The maximum absolute atomic E-state index is 12.3. The van der Waals surface area contributed by atoms with Crippen molar-refractivity contribution in [2.24, 2.45) is 0 Å². The highest BCUT2D eigenvalue weighted by atomic mass is 35.5. The number of thiazole rings is 1. The van der Waals surface area contributed by atoms with E-state index in [1.807, 2.05) is 0 Å². The SMILES string of the molecule is FC(F)(F)c1nc2ccc(CCl)cc2s1. The number of hydrogen-bond donors (Lipinski definition) is 0. The molecular weight excluding hydrogens is 247 g/mol. The molecular formula is C9H5ClF3NS. The van der Waals surface area contributed by atoms with E-state index in [4.69, 9.17) is 11.6 Å². The standard InChI is InChI=1S/C9H5ClF3NS/c10-4-5-1-2-6-7(3-5)15-8(14-6)9(11,12)13/h1-3H,4H2. The first-order valence-corrected chi connectivity index (χ1v) is 5.38. The monoisotopic (exact) mass is 251 g/mol. The lowest BCUT2D eigenvalue weighted by Crippen LogP contribution is -2.03. The molecule has 80 valence electrons. The fourth-order valence-corrected chi connectivity index (χ4v) is 2.24. The highest BCUT2D eigenvalue weighted by Gasteiger charge is 2.34. The maximum atomic E-state index is 12.3. The van der Waals surface area contributed by atoms with Crippen LogP contribution in [0.3, 0.4) is 0 Å². The number of alkyl halides is 4. The van der Waals surface area contributed by atoms with Crippen LogP contribution in [0.1, 0.15) is 10.6 Å². The molecule has 0 unspecified atom stereocenters. The number of fused-ring (bicyclic) bond motifs is 1. The van der Waals surface area contributed by atoms with Gasteiger partial charge in [0.05, 0.1) is 10.2 Å². The Balaban J connectivity index is 2.56. The number of nitrogens with zero attached hydrogens (tertiary/aromatic N) is 1. The molecule has 0 atom stereocenters. The van der Waals surface area contributed by atoms with E-state index in [1.54, 1.807) is 18.2 Å². The predicted octanol–water partition coefficient (Wildman–Crippen LogP) is 4.05. The van der Waals surface area contributed by atoms with Gasteiger partial charge in [-0.1, -0.05) is 6.07 Å². The topological polar surface area (TPSA) is 12.9 Å². The zero-order chi connectivity index (χ0) is 11.1. The molecule has 0 aliphatic heterocycles. The summed E-state index contributed by atoms with van der Waals surface area (Å²) in [5, 5.41) is -0.816. The minimum atomic E-state index is -4.37. The Morgan fingerprint density at radius 2 is 2.07 bits per heavy atom. The lowest BCUT2D eigenvalue weighted by Gasteiger charge is -1.98. The van der Waals surface area contributed by atoms with Crippen molar-refractivity contribution >= 4 is 33.2 Å². The average Bonchev–Trinajstić information content (AvgIpc) is 2.59. The van der Waals surface area contributed by atoms with Crippen molar-refractivity contribution in [3.63, 3.8) is 0 Å². The van der Waals surface area contributed by atoms with E-state index in [9.17, 15) is 13.2 Å². The van der Waals surface area contributed by atoms with E-state index >= 15 is 0 Å². The third-order valence-electron chi connectivity index (χ3n) is 1.85. The molecule has 0 radical (unpaired) electrons. The van der Waals surface area contributed by atoms with Gasteiger partial charge in [0.2, 0.25) is 0 Å². The summed E-state index contributed by atoms with van der Waals surface area (Å²) < 4.78 is 37.5. The number of benzene rings is 1. The van der Waals surface area contributed by atoms with Gasteiger partial charge in [0, 0.05) is 5.88 Å². The third kappa shape index (κ3) is 2.08. The molecule has 1 nitrogen and oxygen atoms in total. The third-order valence-corrected chi connectivity index (χ3v) is 3.22. The van der Waals surface area contributed by atoms with Crippen LogP contribution in [0.2, 0.25) is 0 Å². The molecule has 1 aromatic heterocycles. The number of rotatable bonds is 1. The first-order chi connectivity index (χ1) is 7.00. The van der Waals surface area contributed by atoms with Crippen LogP contribution in [-0.2, 0) is 12.1 Å². The Bertz CT molecular complexity index is 492.